The van der Waals surface area contributed by atoms with Gasteiger partial charge in [-0.1, -0.05) is 26.0 Å². The number of carbonyl (C=O) groups is 1. The van der Waals surface area contributed by atoms with Gasteiger partial charge in [-0.15, -0.1) is 0 Å². The second kappa shape index (κ2) is 12.3. The van der Waals surface area contributed by atoms with E-state index in [4.69, 9.17) is 0 Å². The molecule has 0 bridgehead atoms. The van der Waals surface area contributed by atoms with Gasteiger partial charge in [0, 0.05) is 34.5 Å². The van der Waals surface area contributed by atoms with Crippen molar-refractivity contribution in [3.8, 4) is 16.9 Å². The van der Waals surface area contributed by atoms with Crippen molar-refractivity contribution in [2.45, 2.75) is 25.9 Å². The number of carbonyl (C=O) groups excluding carboxylic acids is 1. The summed E-state index contributed by atoms with van der Waals surface area (Å²) in [5.41, 5.74) is 0.417. The second-order valence-electron chi connectivity index (χ2n) is 8.61. The number of hydrogen-bond donors (Lipinski definition) is 1. The number of aromatic nitrogens is 3. The van der Waals surface area contributed by atoms with Crippen LogP contribution in [0.3, 0.4) is 0 Å². The molecular formula is C30H25F3N4O3S. The lowest BCUT2D eigenvalue weighted by atomic mass is 9.99. The van der Waals surface area contributed by atoms with Crippen LogP contribution in [0.4, 0.5) is 18.9 Å². The lowest BCUT2D eigenvalue weighted by Gasteiger charge is -2.15. The summed E-state index contributed by atoms with van der Waals surface area (Å²) < 4.78 is 56.0. The van der Waals surface area contributed by atoms with E-state index in [1.165, 1.54) is 42.7 Å². The van der Waals surface area contributed by atoms with Gasteiger partial charge in [0.15, 0.2) is 5.65 Å². The van der Waals surface area contributed by atoms with E-state index in [-0.39, 0.29) is 27.4 Å². The molecule has 1 amide bonds. The van der Waals surface area contributed by atoms with Gasteiger partial charge in [0.2, 0.25) is 5.16 Å². The van der Waals surface area contributed by atoms with Gasteiger partial charge in [-0.2, -0.15) is 0 Å². The van der Waals surface area contributed by atoms with Crippen molar-refractivity contribution in [3.63, 3.8) is 0 Å². The van der Waals surface area contributed by atoms with Crippen LogP contribution in [-0.4, -0.2) is 30.9 Å². The zero-order chi connectivity index (χ0) is 29.8. The Labute approximate surface area is 236 Å². The van der Waals surface area contributed by atoms with Crippen molar-refractivity contribution < 1.29 is 22.2 Å². The molecule has 5 rings (SSSR count). The van der Waals surface area contributed by atoms with E-state index >= 15 is 0 Å². The molecule has 210 valence electrons. The molecule has 0 saturated heterocycles. The average molecular weight is 579 g/mol. The number of halogens is 3. The van der Waals surface area contributed by atoms with Crippen LogP contribution in [0.25, 0.3) is 28.0 Å². The number of nitrogens with zero attached hydrogens (tertiary/aromatic N) is 3. The van der Waals surface area contributed by atoms with Crippen molar-refractivity contribution in [1.29, 1.82) is 0 Å². The maximum atomic E-state index is 14.8. The molecule has 1 atom stereocenters. The van der Waals surface area contributed by atoms with Gasteiger partial charge in [0.25, 0.3) is 11.5 Å². The van der Waals surface area contributed by atoms with Crippen LogP contribution in [0.15, 0.2) is 82.7 Å². The van der Waals surface area contributed by atoms with E-state index in [9.17, 15) is 27.0 Å². The fourth-order valence-corrected chi connectivity index (χ4v) is 4.54. The first kappa shape index (κ1) is 29.3. The highest BCUT2D eigenvalue weighted by atomic mass is 32.2. The summed E-state index contributed by atoms with van der Waals surface area (Å²) in [7, 11) is -1.74. The van der Waals surface area contributed by atoms with Gasteiger partial charge >= 0.3 is 0 Å². The number of benzene rings is 3. The Morgan fingerprint density at radius 2 is 1.56 bits per heavy atom. The molecule has 2 aromatic heterocycles. The Balaban J connectivity index is 0.00000189. The quantitative estimate of drug-likeness (QED) is 0.251. The normalized spacial score (nSPS) is 11.5. The van der Waals surface area contributed by atoms with E-state index in [0.29, 0.717) is 16.8 Å². The van der Waals surface area contributed by atoms with E-state index in [2.05, 4.69) is 15.3 Å². The number of aryl methyl sites for hydroxylation is 1. The molecule has 2 heterocycles. The first-order valence-corrected chi connectivity index (χ1v) is 14.1. The van der Waals surface area contributed by atoms with Crippen LogP contribution in [0.1, 0.15) is 29.8 Å². The molecule has 7 nitrogen and oxygen atoms in total. The summed E-state index contributed by atoms with van der Waals surface area (Å²) in [6.07, 6.45) is 1.33. The van der Waals surface area contributed by atoms with Gasteiger partial charge in [-0.25, -0.2) is 23.1 Å². The van der Waals surface area contributed by atoms with Crippen molar-refractivity contribution in [1.82, 2.24) is 14.5 Å². The monoisotopic (exact) mass is 578 g/mol. The molecule has 11 heteroatoms. The maximum absolute atomic E-state index is 14.8. The number of pyridine rings is 1. The van der Waals surface area contributed by atoms with Gasteiger partial charge in [-0.3, -0.25) is 18.4 Å². The van der Waals surface area contributed by atoms with Crippen LogP contribution in [0, 0.1) is 24.4 Å². The predicted octanol–water partition coefficient (Wildman–Crippen LogP) is 6.19. The van der Waals surface area contributed by atoms with Crippen molar-refractivity contribution in [2.24, 2.45) is 0 Å². The first-order chi connectivity index (χ1) is 19.6. The molecule has 0 fully saturated rings. The van der Waals surface area contributed by atoms with Crippen molar-refractivity contribution in [3.05, 3.63) is 112 Å². The standard InChI is InChI=1S/C28H19F3N4O3S.C2H6/c1-15-6-7-16(27(37)32-18-10-8-17(29)9-11-18)14-20(15)24-19-12-13-23(36)35(25-21(30)4-3-5-22(25)31)26(19)34-28(33-24)39(2)38;1-2/h3-14H,1-2H3,(H,32,37);1-2H3. The van der Waals surface area contributed by atoms with Crippen LogP contribution < -0.4 is 10.9 Å². The highest BCUT2D eigenvalue weighted by Gasteiger charge is 2.21. The highest BCUT2D eigenvalue weighted by Crippen LogP contribution is 2.31. The third-order valence-corrected chi connectivity index (χ3v) is 6.70. The summed E-state index contributed by atoms with van der Waals surface area (Å²) >= 11 is 0. The van der Waals surface area contributed by atoms with Crippen LogP contribution in [-0.2, 0) is 10.8 Å². The second-order valence-corrected chi connectivity index (χ2v) is 9.89. The van der Waals surface area contributed by atoms with E-state index < -0.39 is 45.4 Å². The Bertz CT molecular complexity index is 1840. The molecular weight excluding hydrogens is 553 g/mol. The minimum Gasteiger partial charge on any atom is -0.322 e. The Hall–Kier alpha value is -4.64. The van der Waals surface area contributed by atoms with Gasteiger partial charge in [-0.05, 0) is 67.1 Å². The molecule has 5 aromatic rings. The predicted molar refractivity (Wildman–Crippen MR) is 153 cm³/mol. The number of nitrogens with one attached hydrogen (secondary N) is 1. The fraction of sp³-hybridized carbons (Fsp3) is 0.133. The Kier molecular flexibility index (Phi) is 8.77. The van der Waals surface area contributed by atoms with Gasteiger partial charge < -0.3 is 5.32 Å². The van der Waals surface area contributed by atoms with Gasteiger partial charge in [0.1, 0.15) is 23.1 Å². The van der Waals surface area contributed by atoms with Crippen molar-refractivity contribution in [2.75, 3.05) is 11.6 Å². The molecule has 0 aliphatic carbocycles. The third kappa shape index (κ3) is 5.94. The third-order valence-electron chi connectivity index (χ3n) is 6.01. The molecule has 0 radical (unpaired) electrons. The zero-order valence-electron chi connectivity index (χ0n) is 22.5. The minimum absolute atomic E-state index is 0.151. The van der Waals surface area contributed by atoms with Crippen LogP contribution >= 0.6 is 0 Å². The fourth-order valence-electron chi connectivity index (χ4n) is 4.10. The lowest BCUT2D eigenvalue weighted by Crippen LogP contribution is -2.21. The summed E-state index contributed by atoms with van der Waals surface area (Å²) in [4.78, 5) is 34.6. The van der Waals surface area contributed by atoms with Crippen molar-refractivity contribution >= 4 is 33.4 Å². The Morgan fingerprint density at radius 3 is 2.20 bits per heavy atom. The topological polar surface area (TPSA) is 94.0 Å². The number of fused-ring (bicyclic) bond motifs is 1. The smallest absolute Gasteiger partial charge is 0.256 e. The summed E-state index contributed by atoms with van der Waals surface area (Å²) in [6.45, 7) is 5.76. The van der Waals surface area contributed by atoms with E-state index in [1.54, 1.807) is 25.1 Å². The lowest BCUT2D eigenvalue weighted by molar-refractivity contribution is 0.102. The molecule has 0 aliphatic rings. The molecule has 0 saturated carbocycles. The number of hydrogen-bond acceptors (Lipinski definition) is 5. The summed E-state index contributed by atoms with van der Waals surface area (Å²) in [5.74, 6) is -2.90. The van der Waals surface area contributed by atoms with E-state index in [1.807, 2.05) is 13.8 Å². The first-order valence-electron chi connectivity index (χ1n) is 12.5. The number of para-hydroxylation sites is 1. The number of anilines is 1. The largest absolute Gasteiger partial charge is 0.322 e. The molecule has 3 aromatic carbocycles. The molecule has 0 spiro atoms. The molecule has 0 aliphatic heterocycles. The van der Waals surface area contributed by atoms with Crippen LogP contribution in [0.5, 0.6) is 0 Å². The maximum Gasteiger partial charge on any atom is 0.256 e. The van der Waals surface area contributed by atoms with Gasteiger partial charge in [0.05, 0.1) is 16.5 Å². The molecule has 41 heavy (non-hydrogen) atoms. The minimum atomic E-state index is -1.74. The molecule has 1 N–H and O–H groups in total. The Morgan fingerprint density at radius 1 is 0.902 bits per heavy atom. The SMILES string of the molecule is CC.Cc1ccc(C(=O)Nc2ccc(F)cc2)cc1-c1nc(S(C)=O)nc2c1ccc(=O)n2-c1c(F)cccc1F. The summed E-state index contributed by atoms with van der Waals surface area (Å²) in [6, 6.07) is 15.8. The highest BCUT2D eigenvalue weighted by molar-refractivity contribution is 7.84. The van der Waals surface area contributed by atoms with E-state index in [0.717, 1.165) is 22.8 Å². The number of rotatable bonds is 5. The van der Waals surface area contributed by atoms with Crippen LogP contribution in [0.2, 0.25) is 0 Å². The molecule has 1 unspecified atom stereocenters. The zero-order valence-corrected chi connectivity index (χ0v) is 23.4. The summed E-state index contributed by atoms with van der Waals surface area (Å²) in [5, 5.41) is 2.75. The number of amides is 1. The average Bonchev–Trinajstić information content (AvgIpc) is 2.96.